The number of aromatic nitrogens is 2. The van der Waals surface area contributed by atoms with Gasteiger partial charge in [-0.25, -0.2) is 9.78 Å². The van der Waals surface area contributed by atoms with Crippen molar-refractivity contribution in [3.63, 3.8) is 0 Å². The lowest BCUT2D eigenvalue weighted by Gasteiger charge is -2.21. The molecule has 2 heterocycles. The van der Waals surface area contributed by atoms with Crippen LogP contribution in [0.25, 0.3) is 10.8 Å². The average Bonchev–Trinajstić information content (AvgIpc) is 3.04. The molecule has 3 N–H and O–H groups in total. The summed E-state index contributed by atoms with van der Waals surface area (Å²) >= 11 is 0. The number of benzene rings is 3. The number of aryl methyl sites for hydroxylation is 1. The van der Waals surface area contributed by atoms with E-state index in [2.05, 4.69) is 20.6 Å². The van der Waals surface area contributed by atoms with Gasteiger partial charge in [0.15, 0.2) is 0 Å². The van der Waals surface area contributed by atoms with E-state index in [0.717, 1.165) is 16.5 Å². The largest absolute Gasteiger partial charge is 0.449 e. The van der Waals surface area contributed by atoms with Crippen molar-refractivity contribution in [1.29, 1.82) is 0 Å². The number of nitrogens with one attached hydrogen (secondary N) is 3. The maximum atomic E-state index is 13.1. The van der Waals surface area contributed by atoms with E-state index in [-0.39, 0.29) is 37.1 Å². The van der Waals surface area contributed by atoms with E-state index in [0.29, 0.717) is 34.0 Å². The lowest BCUT2D eigenvalue weighted by molar-refractivity contribution is -0.128. The number of carbonyl (C=O) groups is 2. The Kier molecular flexibility index (Phi) is 9.74. The second-order valence-corrected chi connectivity index (χ2v) is 10.8. The first-order valence-corrected chi connectivity index (χ1v) is 14.6. The Hall–Kier alpha value is -5.64. The molecule has 0 aliphatic heterocycles. The van der Waals surface area contributed by atoms with E-state index in [1.807, 2.05) is 62.4 Å². The van der Waals surface area contributed by atoms with Gasteiger partial charge in [-0.15, -0.1) is 0 Å². The highest BCUT2D eigenvalue weighted by Gasteiger charge is 2.16. The van der Waals surface area contributed by atoms with E-state index >= 15 is 0 Å². The molecular formula is C35H35N5O5. The molecule has 0 aliphatic carbocycles. The topological polar surface area (TPSA) is 126 Å². The summed E-state index contributed by atoms with van der Waals surface area (Å²) in [5.74, 6) is 0.724. The molecule has 2 aromatic heterocycles. The third-order valence-electron chi connectivity index (χ3n) is 7.40. The number of pyridine rings is 2. The van der Waals surface area contributed by atoms with Crippen molar-refractivity contribution >= 4 is 34.1 Å². The Labute approximate surface area is 261 Å². The first-order chi connectivity index (χ1) is 21.8. The van der Waals surface area contributed by atoms with E-state index in [4.69, 9.17) is 9.47 Å². The number of anilines is 2. The van der Waals surface area contributed by atoms with E-state index in [1.54, 1.807) is 60.7 Å². The minimum atomic E-state index is -0.581. The van der Waals surface area contributed by atoms with Gasteiger partial charge in [-0.2, -0.15) is 0 Å². The van der Waals surface area contributed by atoms with Crippen LogP contribution < -0.4 is 20.9 Å². The van der Waals surface area contributed by atoms with E-state index in [9.17, 15) is 14.4 Å². The highest BCUT2D eigenvalue weighted by molar-refractivity contribution is 5.87. The van der Waals surface area contributed by atoms with Gasteiger partial charge >= 0.3 is 6.09 Å². The molecule has 0 saturated carbocycles. The molecule has 10 heteroatoms. The molecule has 5 aromatic rings. The van der Waals surface area contributed by atoms with E-state index < -0.39 is 6.09 Å². The number of carbonyl (C=O) groups excluding carboxylic acids is 2. The minimum Gasteiger partial charge on any atom is -0.449 e. The lowest BCUT2D eigenvalue weighted by Crippen LogP contribution is -2.32. The van der Waals surface area contributed by atoms with Crippen LogP contribution in [0, 0.1) is 6.92 Å². The summed E-state index contributed by atoms with van der Waals surface area (Å²) < 4.78 is 11.6. The zero-order chi connectivity index (χ0) is 31.8. The molecule has 1 unspecified atom stereocenters. The maximum absolute atomic E-state index is 13.1. The normalized spacial score (nSPS) is 11.4. The Morgan fingerprint density at radius 1 is 0.978 bits per heavy atom. The third kappa shape index (κ3) is 8.05. The number of amides is 2. The summed E-state index contributed by atoms with van der Waals surface area (Å²) in [5, 5.41) is 7.23. The van der Waals surface area contributed by atoms with Crippen LogP contribution in [0.1, 0.15) is 29.5 Å². The Morgan fingerprint density at radius 2 is 1.78 bits per heavy atom. The number of aromatic amines is 1. The quantitative estimate of drug-likeness (QED) is 0.158. The predicted molar refractivity (Wildman–Crippen MR) is 175 cm³/mol. The van der Waals surface area contributed by atoms with Gasteiger partial charge < -0.3 is 24.7 Å². The molecule has 0 spiro atoms. The van der Waals surface area contributed by atoms with Crippen LogP contribution in [0.15, 0.2) is 102 Å². The van der Waals surface area contributed by atoms with Gasteiger partial charge in [0.2, 0.25) is 11.8 Å². The second kappa shape index (κ2) is 14.2. The van der Waals surface area contributed by atoms with E-state index in [1.165, 1.54) is 0 Å². The molecule has 0 aliphatic rings. The fourth-order valence-corrected chi connectivity index (χ4v) is 4.93. The zero-order valence-corrected chi connectivity index (χ0v) is 25.4. The standard InChI is InChI=1S/C35H35N5O5/c1-23-8-4-5-9-29(23)24(2)22-44-35(43)39-28-13-14-31(45-32-10-6-7-16-36-32)26(18-28)21-40(3)33(41)20-38-27-12-11-25-15-17-37-34(42)30(25)19-27/h4-19,24,38H,20-22H2,1-3H3,(H,37,42)(H,39,43). The summed E-state index contributed by atoms with van der Waals surface area (Å²) in [6, 6.07) is 25.7. The Bertz CT molecular complexity index is 1860. The van der Waals surface area contributed by atoms with Crippen molar-refractivity contribution in [2.45, 2.75) is 26.3 Å². The monoisotopic (exact) mass is 605 g/mol. The first-order valence-electron chi connectivity index (χ1n) is 14.6. The predicted octanol–water partition coefficient (Wildman–Crippen LogP) is 6.45. The molecule has 230 valence electrons. The van der Waals surface area contributed by atoms with Crippen LogP contribution >= 0.6 is 0 Å². The lowest BCUT2D eigenvalue weighted by atomic mass is 9.97. The van der Waals surface area contributed by atoms with Gasteiger partial charge in [0.05, 0.1) is 13.2 Å². The maximum Gasteiger partial charge on any atom is 0.411 e. The summed E-state index contributed by atoms with van der Waals surface area (Å²) in [6.07, 6.45) is 2.64. The van der Waals surface area contributed by atoms with Crippen molar-refractivity contribution in [2.75, 3.05) is 30.8 Å². The third-order valence-corrected chi connectivity index (χ3v) is 7.40. The summed E-state index contributed by atoms with van der Waals surface area (Å²) in [6.45, 7) is 4.46. The van der Waals surface area contributed by atoms with Crippen molar-refractivity contribution in [1.82, 2.24) is 14.9 Å². The Morgan fingerprint density at radius 3 is 2.58 bits per heavy atom. The van der Waals surface area contributed by atoms with Gasteiger partial charge in [-0.3, -0.25) is 14.9 Å². The molecule has 3 aromatic carbocycles. The molecule has 0 fully saturated rings. The fraction of sp³-hybridized carbons (Fsp3) is 0.200. The second-order valence-electron chi connectivity index (χ2n) is 10.8. The van der Waals surface area contributed by atoms with Crippen LogP contribution in [-0.4, -0.2) is 47.1 Å². The van der Waals surface area contributed by atoms with Gasteiger partial charge in [0.25, 0.3) is 5.56 Å². The Balaban J connectivity index is 1.25. The fourth-order valence-electron chi connectivity index (χ4n) is 4.93. The smallest absolute Gasteiger partial charge is 0.411 e. The van der Waals surface area contributed by atoms with Gasteiger partial charge in [0, 0.05) is 60.3 Å². The summed E-state index contributed by atoms with van der Waals surface area (Å²) in [4.78, 5) is 46.4. The molecule has 10 nitrogen and oxygen atoms in total. The molecule has 0 radical (unpaired) electrons. The van der Waals surface area contributed by atoms with Crippen molar-refractivity contribution in [3.8, 4) is 11.6 Å². The number of hydrogen-bond donors (Lipinski definition) is 3. The van der Waals surface area contributed by atoms with Crippen molar-refractivity contribution in [3.05, 3.63) is 124 Å². The number of likely N-dealkylation sites (N-methyl/N-ethyl adjacent to an activating group) is 1. The van der Waals surface area contributed by atoms with Crippen molar-refractivity contribution < 1.29 is 19.1 Å². The molecular weight excluding hydrogens is 570 g/mol. The van der Waals surface area contributed by atoms with Crippen LogP contribution in [0.5, 0.6) is 11.6 Å². The number of fused-ring (bicyclic) bond motifs is 1. The molecule has 0 bridgehead atoms. The van der Waals surface area contributed by atoms with Crippen LogP contribution in [0.3, 0.4) is 0 Å². The van der Waals surface area contributed by atoms with Crippen LogP contribution in [-0.2, 0) is 16.1 Å². The van der Waals surface area contributed by atoms with Crippen LogP contribution in [0.4, 0.5) is 16.2 Å². The number of rotatable bonds is 11. The van der Waals surface area contributed by atoms with Gasteiger partial charge in [-0.05, 0) is 65.9 Å². The number of H-pyrrole nitrogens is 1. The minimum absolute atomic E-state index is 0.00646. The average molecular weight is 606 g/mol. The van der Waals surface area contributed by atoms with Crippen molar-refractivity contribution in [2.24, 2.45) is 0 Å². The zero-order valence-electron chi connectivity index (χ0n) is 25.4. The number of ether oxygens (including phenoxy) is 2. The summed E-state index contributed by atoms with van der Waals surface area (Å²) in [5.41, 5.74) is 3.87. The molecule has 45 heavy (non-hydrogen) atoms. The van der Waals surface area contributed by atoms with Crippen LogP contribution in [0.2, 0.25) is 0 Å². The number of nitrogens with zero attached hydrogens (tertiary/aromatic N) is 2. The highest BCUT2D eigenvalue weighted by Crippen LogP contribution is 2.28. The molecule has 2 amide bonds. The SMILES string of the molecule is Cc1ccccc1C(C)COC(=O)Nc1ccc(Oc2ccccn2)c(CN(C)C(=O)CNc2ccc3cc[nH]c(=O)c3c2)c1. The molecule has 1 atom stereocenters. The van der Waals surface area contributed by atoms with Gasteiger partial charge in [0.1, 0.15) is 5.75 Å². The first kappa shape index (κ1) is 30.8. The molecule has 5 rings (SSSR count). The van der Waals surface area contributed by atoms with Gasteiger partial charge in [-0.1, -0.05) is 43.3 Å². The number of hydrogen-bond acceptors (Lipinski definition) is 7. The summed E-state index contributed by atoms with van der Waals surface area (Å²) in [7, 11) is 1.68. The highest BCUT2D eigenvalue weighted by atomic mass is 16.5. The molecule has 0 saturated heterocycles.